The monoisotopic (exact) mass is 245 g/mol. The van der Waals surface area contributed by atoms with Crippen LogP contribution in [0.4, 0.5) is 0 Å². The Balaban J connectivity index is 1.65. The van der Waals surface area contributed by atoms with Crippen LogP contribution in [0.1, 0.15) is 19.1 Å². The molecule has 2 rings (SSSR count). The van der Waals surface area contributed by atoms with Crippen LogP contribution < -0.4 is 5.32 Å². The molecule has 1 aliphatic heterocycles. The maximum atomic E-state index is 5.66. The molecule has 0 aliphatic carbocycles. The Bertz CT molecular complexity index is 334. The van der Waals surface area contributed by atoms with Crippen molar-refractivity contribution < 1.29 is 13.9 Å². The van der Waals surface area contributed by atoms with Gasteiger partial charge < -0.3 is 19.2 Å². The van der Waals surface area contributed by atoms with E-state index in [2.05, 4.69) is 5.32 Å². The van der Waals surface area contributed by atoms with Gasteiger partial charge in [-0.15, -0.1) is 0 Å². The molecule has 1 saturated heterocycles. The van der Waals surface area contributed by atoms with E-state index < -0.39 is 5.79 Å². The molecule has 0 atom stereocenters. The first-order valence-corrected chi connectivity index (χ1v) is 5.79. The lowest BCUT2D eigenvalue weighted by molar-refractivity contribution is -0.145. The maximum Gasteiger partial charge on any atom is 0.193 e. The van der Waals surface area contributed by atoms with Crippen LogP contribution in [0, 0.1) is 0 Å². The number of halogens is 1. The quantitative estimate of drug-likeness (QED) is 0.808. The molecule has 0 unspecified atom stereocenters. The number of hydrogen-bond acceptors (Lipinski definition) is 4. The normalized spacial score (nSPS) is 19.1. The Morgan fingerprint density at radius 2 is 2.12 bits per heavy atom. The van der Waals surface area contributed by atoms with Crippen molar-refractivity contribution in [3.05, 3.63) is 23.1 Å². The summed E-state index contributed by atoms with van der Waals surface area (Å²) in [4.78, 5) is 0. The van der Waals surface area contributed by atoms with Gasteiger partial charge in [0.25, 0.3) is 0 Å². The average molecular weight is 246 g/mol. The first kappa shape index (κ1) is 11.9. The van der Waals surface area contributed by atoms with E-state index in [0.717, 1.165) is 18.7 Å². The van der Waals surface area contributed by atoms with E-state index in [1.54, 1.807) is 6.07 Å². The standard InChI is InChI=1S/C11H16ClNO3/c1-11(14-6-7-15-11)4-5-13-8-9-2-3-10(12)16-9/h2-3,13H,4-8H2,1H3. The topological polar surface area (TPSA) is 43.6 Å². The van der Waals surface area contributed by atoms with Gasteiger partial charge in [0.1, 0.15) is 5.76 Å². The Morgan fingerprint density at radius 3 is 2.75 bits per heavy atom. The summed E-state index contributed by atoms with van der Waals surface area (Å²) in [7, 11) is 0. The molecular weight excluding hydrogens is 230 g/mol. The van der Waals surface area contributed by atoms with Gasteiger partial charge >= 0.3 is 0 Å². The van der Waals surface area contributed by atoms with E-state index in [1.165, 1.54) is 0 Å². The van der Waals surface area contributed by atoms with E-state index >= 15 is 0 Å². The second-order valence-electron chi connectivity index (χ2n) is 3.96. The number of furan rings is 1. The van der Waals surface area contributed by atoms with Crippen LogP contribution in [0.2, 0.25) is 5.22 Å². The number of hydrogen-bond donors (Lipinski definition) is 1. The first-order valence-electron chi connectivity index (χ1n) is 5.41. The lowest BCUT2D eigenvalue weighted by Crippen LogP contribution is -2.30. The lowest BCUT2D eigenvalue weighted by atomic mass is 10.2. The summed E-state index contributed by atoms with van der Waals surface area (Å²) in [6, 6.07) is 3.60. The fourth-order valence-electron chi connectivity index (χ4n) is 1.67. The van der Waals surface area contributed by atoms with Crippen LogP contribution in [0.5, 0.6) is 0 Å². The number of rotatable bonds is 5. The van der Waals surface area contributed by atoms with Crippen molar-refractivity contribution in [1.82, 2.24) is 5.32 Å². The maximum absolute atomic E-state index is 5.66. The van der Waals surface area contributed by atoms with E-state index in [1.807, 2.05) is 13.0 Å². The van der Waals surface area contributed by atoms with E-state index in [-0.39, 0.29) is 0 Å². The molecule has 0 radical (unpaired) electrons. The zero-order valence-corrected chi connectivity index (χ0v) is 10.0. The molecule has 1 aliphatic rings. The fraction of sp³-hybridized carbons (Fsp3) is 0.636. The van der Waals surface area contributed by atoms with E-state index in [9.17, 15) is 0 Å². The van der Waals surface area contributed by atoms with Crippen molar-refractivity contribution in [2.24, 2.45) is 0 Å². The largest absolute Gasteiger partial charge is 0.448 e. The molecule has 0 amide bonds. The van der Waals surface area contributed by atoms with E-state index in [4.69, 9.17) is 25.5 Å². The third-order valence-electron chi connectivity index (χ3n) is 2.58. The molecule has 1 aromatic heterocycles. The van der Waals surface area contributed by atoms with Crippen LogP contribution >= 0.6 is 11.6 Å². The highest BCUT2D eigenvalue weighted by atomic mass is 35.5. The molecule has 0 spiro atoms. The van der Waals surface area contributed by atoms with Gasteiger partial charge in [0.15, 0.2) is 11.0 Å². The minimum atomic E-state index is -0.423. The Hall–Kier alpha value is -0.550. The molecule has 90 valence electrons. The van der Waals surface area contributed by atoms with Gasteiger partial charge in [-0.1, -0.05) is 0 Å². The van der Waals surface area contributed by atoms with Gasteiger partial charge in [0, 0.05) is 13.0 Å². The minimum Gasteiger partial charge on any atom is -0.448 e. The van der Waals surface area contributed by atoms with Crippen molar-refractivity contribution in [2.45, 2.75) is 25.7 Å². The molecule has 0 bridgehead atoms. The molecule has 2 heterocycles. The zero-order valence-electron chi connectivity index (χ0n) is 9.29. The van der Waals surface area contributed by atoms with Crippen LogP contribution in [0.15, 0.2) is 16.5 Å². The highest BCUT2D eigenvalue weighted by molar-refractivity contribution is 6.28. The van der Waals surface area contributed by atoms with Crippen molar-refractivity contribution >= 4 is 11.6 Å². The minimum absolute atomic E-state index is 0.422. The lowest BCUT2D eigenvalue weighted by Gasteiger charge is -2.21. The van der Waals surface area contributed by atoms with Crippen molar-refractivity contribution in [3.8, 4) is 0 Å². The summed E-state index contributed by atoms with van der Waals surface area (Å²) in [5.74, 6) is 0.414. The SMILES string of the molecule is CC1(CCNCc2ccc(Cl)o2)OCCO1. The fourth-order valence-corrected chi connectivity index (χ4v) is 1.84. The highest BCUT2D eigenvalue weighted by Crippen LogP contribution is 2.21. The van der Waals surface area contributed by atoms with Gasteiger partial charge in [-0.05, 0) is 30.7 Å². The molecule has 0 aromatic carbocycles. The van der Waals surface area contributed by atoms with Crippen LogP contribution in [-0.2, 0) is 16.0 Å². The van der Waals surface area contributed by atoms with Gasteiger partial charge in [0.2, 0.25) is 0 Å². The molecule has 4 nitrogen and oxygen atoms in total. The van der Waals surface area contributed by atoms with Crippen molar-refractivity contribution in [2.75, 3.05) is 19.8 Å². The molecule has 1 N–H and O–H groups in total. The van der Waals surface area contributed by atoms with E-state index in [0.29, 0.717) is 25.0 Å². The Morgan fingerprint density at radius 1 is 1.38 bits per heavy atom. The van der Waals surface area contributed by atoms with Gasteiger partial charge in [-0.2, -0.15) is 0 Å². The summed E-state index contributed by atoms with van der Waals surface area (Å²) in [5.41, 5.74) is 0. The van der Waals surface area contributed by atoms with Gasteiger partial charge in [0.05, 0.1) is 19.8 Å². The average Bonchev–Trinajstić information content (AvgIpc) is 2.84. The second-order valence-corrected chi connectivity index (χ2v) is 4.34. The van der Waals surface area contributed by atoms with Crippen molar-refractivity contribution in [3.63, 3.8) is 0 Å². The number of nitrogens with one attached hydrogen (secondary N) is 1. The van der Waals surface area contributed by atoms with Crippen molar-refractivity contribution in [1.29, 1.82) is 0 Å². The Labute approximate surface area is 99.9 Å². The molecule has 16 heavy (non-hydrogen) atoms. The van der Waals surface area contributed by atoms with Crippen LogP contribution in [0.3, 0.4) is 0 Å². The second kappa shape index (κ2) is 5.19. The van der Waals surface area contributed by atoms with Crippen LogP contribution in [0.25, 0.3) is 0 Å². The summed E-state index contributed by atoms with van der Waals surface area (Å²) in [6.45, 7) is 4.82. The predicted molar refractivity (Wildman–Crippen MR) is 60.4 cm³/mol. The predicted octanol–water partition coefficient (Wildman–Crippen LogP) is 2.18. The zero-order chi connectivity index (χ0) is 11.4. The van der Waals surface area contributed by atoms with Gasteiger partial charge in [-0.3, -0.25) is 0 Å². The molecular formula is C11H16ClNO3. The molecule has 1 aromatic rings. The van der Waals surface area contributed by atoms with Crippen LogP contribution in [-0.4, -0.2) is 25.5 Å². The third kappa shape index (κ3) is 3.22. The van der Waals surface area contributed by atoms with Gasteiger partial charge in [-0.25, -0.2) is 0 Å². The smallest absolute Gasteiger partial charge is 0.193 e. The Kier molecular flexibility index (Phi) is 3.86. The summed E-state index contributed by atoms with van der Waals surface area (Å²) in [5, 5.41) is 3.68. The third-order valence-corrected chi connectivity index (χ3v) is 2.79. The summed E-state index contributed by atoms with van der Waals surface area (Å²) < 4.78 is 16.2. The molecule has 0 saturated carbocycles. The highest BCUT2D eigenvalue weighted by Gasteiger charge is 2.29. The molecule has 5 heteroatoms. The number of ether oxygens (including phenoxy) is 2. The first-order chi connectivity index (χ1) is 7.68. The summed E-state index contributed by atoms with van der Waals surface area (Å²) >= 11 is 5.66. The molecule has 1 fully saturated rings. The summed E-state index contributed by atoms with van der Waals surface area (Å²) in [6.07, 6.45) is 0.821.